The summed E-state index contributed by atoms with van der Waals surface area (Å²) in [6.07, 6.45) is 9.27. The van der Waals surface area contributed by atoms with Crippen LogP contribution in [0.1, 0.15) is 56.2 Å². The molecule has 1 aromatic carbocycles. The summed E-state index contributed by atoms with van der Waals surface area (Å²) in [5.41, 5.74) is 1.90. The van der Waals surface area contributed by atoms with E-state index in [0.29, 0.717) is 0 Å². The zero-order chi connectivity index (χ0) is 15.5. The largest absolute Gasteiger partial charge is 0.351 e. The number of benzene rings is 1. The molecular weight excluding hydrogens is 276 g/mol. The van der Waals surface area contributed by atoms with E-state index in [2.05, 4.69) is 5.32 Å². The monoisotopic (exact) mass is 298 g/mol. The van der Waals surface area contributed by atoms with Gasteiger partial charge in [-0.05, 0) is 30.0 Å². The summed E-state index contributed by atoms with van der Waals surface area (Å²) >= 11 is 0. The molecule has 1 aromatic rings. The topological polar surface area (TPSA) is 49.4 Å². The fourth-order valence-corrected chi connectivity index (χ4v) is 3.39. The summed E-state index contributed by atoms with van der Waals surface area (Å²) < 4.78 is 0. The second-order valence-electron chi connectivity index (χ2n) is 6.12. The van der Waals surface area contributed by atoms with E-state index in [-0.39, 0.29) is 17.9 Å². The number of fused-ring (bicyclic) bond motifs is 1. The first kappa shape index (κ1) is 14.8. The molecule has 116 valence electrons. The molecular formula is C18H22N2O2. The van der Waals surface area contributed by atoms with Crippen molar-refractivity contribution in [3.63, 3.8) is 0 Å². The van der Waals surface area contributed by atoms with Crippen LogP contribution in [0.4, 0.5) is 0 Å². The Kier molecular flexibility index (Phi) is 4.27. The van der Waals surface area contributed by atoms with E-state index in [1.54, 1.807) is 6.20 Å². The Labute approximate surface area is 131 Å². The molecule has 1 aliphatic carbocycles. The lowest BCUT2D eigenvalue weighted by molar-refractivity contribution is -0.136. The van der Waals surface area contributed by atoms with Crippen LogP contribution in [0.15, 0.2) is 30.5 Å². The SMILES string of the molecule is CC(=O)N1C=Cc2ccccc2C1C(=O)NC1CCCCC1. The maximum absolute atomic E-state index is 12.8. The number of nitrogens with zero attached hydrogens (tertiary/aromatic N) is 1. The molecule has 1 unspecified atom stereocenters. The molecule has 1 atom stereocenters. The fraction of sp³-hybridized carbons (Fsp3) is 0.444. The lowest BCUT2D eigenvalue weighted by Gasteiger charge is -2.33. The van der Waals surface area contributed by atoms with Crippen molar-refractivity contribution < 1.29 is 9.59 Å². The first-order valence-corrected chi connectivity index (χ1v) is 8.03. The van der Waals surface area contributed by atoms with E-state index in [4.69, 9.17) is 0 Å². The van der Waals surface area contributed by atoms with Crippen molar-refractivity contribution in [2.24, 2.45) is 0 Å². The number of nitrogens with one attached hydrogen (secondary N) is 1. The summed E-state index contributed by atoms with van der Waals surface area (Å²) in [5, 5.41) is 3.15. The molecule has 1 saturated carbocycles. The molecule has 0 saturated heterocycles. The van der Waals surface area contributed by atoms with Crippen molar-refractivity contribution in [1.29, 1.82) is 0 Å². The van der Waals surface area contributed by atoms with Crippen molar-refractivity contribution in [2.45, 2.75) is 51.1 Å². The molecule has 0 aromatic heterocycles. The van der Waals surface area contributed by atoms with E-state index < -0.39 is 6.04 Å². The van der Waals surface area contributed by atoms with Crippen LogP contribution < -0.4 is 5.32 Å². The first-order valence-electron chi connectivity index (χ1n) is 8.03. The number of rotatable bonds is 2. The molecule has 0 bridgehead atoms. The second-order valence-corrected chi connectivity index (χ2v) is 6.12. The van der Waals surface area contributed by atoms with Gasteiger partial charge < -0.3 is 10.2 Å². The molecule has 4 heteroatoms. The lowest BCUT2D eigenvalue weighted by Crippen LogP contribution is -2.45. The number of hydrogen-bond acceptors (Lipinski definition) is 2. The highest BCUT2D eigenvalue weighted by atomic mass is 16.2. The summed E-state index contributed by atoms with van der Waals surface area (Å²) in [4.78, 5) is 26.2. The molecule has 0 spiro atoms. The van der Waals surface area contributed by atoms with Crippen molar-refractivity contribution in [2.75, 3.05) is 0 Å². The molecule has 0 radical (unpaired) electrons. The summed E-state index contributed by atoms with van der Waals surface area (Å²) in [7, 11) is 0. The molecule has 4 nitrogen and oxygen atoms in total. The highest BCUT2D eigenvalue weighted by Gasteiger charge is 2.33. The van der Waals surface area contributed by atoms with Gasteiger partial charge in [-0.2, -0.15) is 0 Å². The first-order chi connectivity index (χ1) is 10.7. The molecule has 1 fully saturated rings. The molecule has 2 amide bonds. The Balaban J connectivity index is 1.85. The molecule has 1 N–H and O–H groups in total. The Hall–Kier alpha value is -2.10. The van der Waals surface area contributed by atoms with Crippen molar-refractivity contribution in [3.8, 4) is 0 Å². The minimum Gasteiger partial charge on any atom is -0.351 e. The fourth-order valence-electron chi connectivity index (χ4n) is 3.39. The maximum atomic E-state index is 12.8. The van der Waals surface area contributed by atoms with E-state index in [0.717, 1.165) is 24.0 Å². The molecule has 1 aliphatic heterocycles. The zero-order valence-electron chi connectivity index (χ0n) is 12.9. The van der Waals surface area contributed by atoms with Gasteiger partial charge in [0.05, 0.1) is 0 Å². The Morgan fingerprint density at radius 3 is 2.59 bits per heavy atom. The van der Waals surface area contributed by atoms with Gasteiger partial charge >= 0.3 is 0 Å². The average molecular weight is 298 g/mol. The molecule has 3 rings (SSSR count). The van der Waals surface area contributed by atoms with Gasteiger partial charge in [0.2, 0.25) is 11.8 Å². The van der Waals surface area contributed by atoms with Crippen LogP contribution in [0.25, 0.3) is 6.08 Å². The zero-order valence-corrected chi connectivity index (χ0v) is 12.9. The third-order valence-electron chi connectivity index (χ3n) is 4.55. The van der Waals surface area contributed by atoms with E-state index in [1.807, 2.05) is 30.3 Å². The van der Waals surface area contributed by atoms with Crippen LogP contribution in [0.2, 0.25) is 0 Å². The van der Waals surface area contributed by atoms with Crippen molar-refractivity contribution >= 4 is 17.9 Å². The Bertz CT molecular complexity index is 603. The van der Waals surface area contributed by atoms with Crippen LogP contribution in [-0.2, 0) is 9.59 Å². The van der Waals surface area contributed by atoms with Gasteiger partial charge in [-0.1, -0.05) is 43.5 Å². The summed E-state index contributed by atoms with van der Waals surface area (Å²) in [6, 6.07) is 7.46. The highest BCUT2D eigenvalue weighted by molar-refractivity contribution is 5.91. The van der Waals surface area contributed by atoms with Gasteiger partial charge in [-0.15, -0.1) is 0 Å². The van der Waals surface area contributed by atoms with Crippen molar-refractivity contribution in [1.82, 2.24) is 10.2 Å². The summed E-state index contributed by atoms with van der Waals surface area (Å²) in [5.74, 6) is -0.187. The number of carbonyl (C=O) groups is 2. The van der Waals surface area contributed by atoms with Crippen LogP contribution in [0, 0.1) is 0 Å². The van der Waals surface area contributed by atoms with Gasteiger partial charge in [-0.25, -0.2) is 0 Å². The quantitative estimate of drug-likeness (QED) is 0.912. The maximum Gasteiger partial charge on any atom is 0.248 e. The second kappa shape index (κ2) is 6.34. The van der Waals surface area contributed by atoms with Crippen LogP contribution in [0.5, 0.6) is 0 Å². The molecule has 1 heterocycles. The third-order valence-corrected chi connectivity index (χ3v) is 4.55. The van der Waals surface area contributed by atoms with Crippen molar-refractivity contribution in [3.05, 3.63) is 41.6 Å². The van der Waals surface area contributed by atoms with E-state index in [9.17, 15) is 9.59 Å². The van der Waals surface area contributed by atoms with Gasteiger partial charge in [0.1, 0.15) is 6.04 Å². The number of amides is 2. The van der Waals surface area contributed by atoms with Crippen LogP contribution in [0.3, 0.4) is 0 Å². The predicted molar refractivity (Wildman–Crippen MR) is 85.8 cm³/mol. The Morgan fingerprint density at radius 1 is 1.14 bits per heavy atom. The molecule has 2 aliphatic rings. The highest BCUT2D eigenvalue weighted by Crippen LogP contribution is 2.31. The molecule has 22 heavy (non-hydrogen) atoms. The van der Waals surface area contributed by atoms with Crippen LogP contribution >= 0.6 is 0 Å². The Morgan fingerprint density at radius 2 is 1.86 bits per heavy atom. The van der Waals surface area contributed by atoms with Gasteiger partial charge in [-0.3, -0.25) is 9.59 Å². The predicted octanol–water partition coefficient (Wildman–Crippen LogP) is 3.01. The smallest absolute Gasteiger partial charge is 0.248 e. The standard InChI is InChI=1S/C18H22N2O2/c1-13(21)20-12-11-14-7-5-6-10-16(14)17(20)18(22)19-15-8-3-2-4-9-15/h5-7,10-12,15,17H,2-4,8-9H2,1H3,(H,19,22). The van der Waals surface area contributed by atoms with E-state index in [1.165, 1.54) is 31.1 Å². The van der Waals surface area contributed by atoms with E-state index >= 15 is 0 Å². The number of carbonyl (C=O) groups excluding carboxylic acids is 2. The average Bonchev–Trinajstić information content (AvgIpc) is 2.54. The lowest BCUT2D eigenvalue weighted by atomic mass is 9.93. The van der Waals surface area contributed by atoms with Gasteiger partial charge in [0, 0.05) is 19.2 Å². The minimum atomic E-state index is -0.555. The van der Waals surface area contributed by atoms with Gasteiger partial charge in [0.15, 0.2) is 0 Å². The minimum absolute atomic E-state index is 0.0705. The third kappa shape index (κ3) is 2.91. The normalized spacial score (nSPS) is 21.3. The summed E-state index contributed by atoms with van der Waals surface area (Å²) in [6.45, 7) is 1.50. The van der Waals surface area contributed by atoms with Crippen LogP contribution in [-0.4, -0.2) is 22.8 Å². The number of hydrogen-bond donors (Lipinski definition) is 1. The van der Waals surface area contributed by atoms with Gasteiger partial charge in [0.25, 0.3) is 0 Å².